The Hall–Kier alpha value is -0.860. The Morgan fingerprint density at radius 1 is 1.12 bits per heavy atom. The lowest BCUT2D eigenvalue weighted by Crippen LogP contribution is -2.38. The van der Waals surface area contributed by atoms with E-state index in [2.05, 4.69) is 38.1 Å². The fourth-order valence-corrected chi connectivity index (χ4v) is 1.95. The minimum atomic E-state index is -0.325. The monoisotopic (exact) mass is 235 g/mol. The lowest BCUT2D eigenvalue weighted by molar-refractivity contribution is -0.0298. The molecule has 1 atom stereocenters. The predicted octanol–water partition coefficient (Wildman–Crippen LogP) is 3.62. The van der Waals surface area contributed by atoms with Gasteiger partial charge in [0.15, 0.2) is 0 Å². The smallest absolute Gasteiger partial charge is 0.0818 e. The van der Waals surface area contributed by atoms with Crippen LogP contribution in [0.1, 0.15) is 57.7 Å². The summed E-state index contributed by atoms with van der Waals surface area (Å²) in [5, 5.41) is 0. The second-order valence-corrected chi connectivity index (χ2v) is 5.34. The van der Waals surface area contributed by atoms with Crippen molar-refractivity contribution in [1.29, 1.82) is 0 Å². The quantitative estimate of drug-likeness (QED) is 0.846. The van der Waals surface area contributed by atoms with E-state index in [1.54, 1.807) is 0 Å². The van der Waals surface area contributed by atoms with Crippen molar-refractivity contribution in [2.75, 3.05) is 6.61 Å². The lowest BCUT2D eigenvalue weighted by atomic mass is 9.91. The molecule has 1 aromatic carbocycles. The maximum atomic E-state index is 6.26. The van der Waals surface area contributed by atoms with Gasteiger partial charge in [-0.1, -0.05) is 38.1 Å². The van der Waals surface area contributed by atoms with Crippen molar-refractivity contribution in [2.45, 2.75) is 52.2 Å². The Balaban J connectivity index is 2.86. The van der Waals surface area contributed by atoms with Crippen molar-refractivity contribution in [3.05, 3.63) is 35.4 Å². The third-order valence-corrected chi connectivity index (χ3v) is 3.23. The number of hydrogen-bond donors (Lipinski definition) is 1. The summed E-state index contributed by atoms with van der Waals surface area (Å²) in [6.45, 7) is 11.1. The van der Waals surface area contributed by atoms with E-state index in [0.29, 0.717) is 12.5 Å². The Morgan fingerprint density at radius 2 is 1.59 bits per heavy atom. The third kappa shape index (κ3) is 3.55. The van der Waals surface area contributed by atoms with Crippen molar-refractivity contribution in [3.63, 3.8) is 0 Å². The minimum Gasteiger partial charge on any atom is -0.374 e. The van der Waals surface area contributed by atoms with E-state index >= 15 is 0 Å². The first kappa shape index (κ1) is 14.2. The van der Waals surface area contributed by atoms with Gasteiger partial charge in [0.05, 0.1) is 11.6 Å². The highest BCUT2D eigenvalue weighted by atomic mass is 16.5. The molecule has 0 fully saturated rings. The van der Waals surface area contributed by atoms with Gasteiger partial charge in [-0.15, -0.1) is 0 Å². The summed E-state index contributed by atoms with van der Waals surface area (Å²) in [6.07, 6.45) is 0. The van der Waals surface area contributed by atoms with Gasteiger partial charge in [0.1, 0.15) is 0 Å². The highest BCUT2D eigenvalue weighted by molar-refractivity contribution is 5.28. The summed E-state index contributed by atoms with van der Waals surface area (Å²) in [6, 6.07) is 8.44. The van der Waals surface area contributed by atoms with Crippen LogP contribution in [0.25, 0.3) is 0 Å². The van der Waals surface area contributed by atoms with Gasteiger partial charge in [0, 0.05) is 6.61 Å². The zero-order chi connectivity index (χ0) is 13.1. The molecule has 96 valence electrons. The van der Waals surface area contributed by atoms with Gasteiger partial charge in [0.2, 0.25) is 0 Å². The van der Waals surface area contributed by atoms with Crippen LogP contribution in [0.2, 0.25) is 0 Å². The average Bonchev–Trinajstić information content (AvgIpc) is 2.28. The second-order valence-electron chi connectivity index (χ2n) is 5.34. The van der Waals surface area contributed by atoms with E-state index in [0.717, 1.165) is 5.56 Å². The standard InChI is InChI=1S/C15H25NO/c1-6-17-15(4,5)14(16)13-9-7-12(8-10-13)11(2)3/h7-11,14H,6,16H2,1-5H3. The maximum absolute atomic E-state index is 6.26. The number of benzene rings is 1. The third-order valence-electron chi connectivity index (χ3n) is 3.23. The largest absolute Gasteiger partial charge is 0.374 e. The van der Waals surface area contributed by atoms with E-state index < -0.39 is 0 Å². The maximum Gasteiger partial charge on any atom is 0.0818 e. The minimum absolute atomic E-state index is 0.0938. The van der Waals surface area contributed by atoms with Gasteiger partial charge in [0.25, 0.3) is 0 Å². The molecular formula is C15H25NO. The molecule has 0 radical (unpaired) electrons. The van der Waals surface area contributed by atoms with Gasteiger partial charge in [-0.3, -0.25) is 0 Å². The van der Waals surface area contributed by atoms with Crippen LogP contribution in [0.5, 0.6) is 0 Å². The highest BCUT2D eigenvalue weighted by Gasteiger charge is 2.27. The lowest BCUT2D eigenvalue weighted by Gasteiger charge is -2.31. The van der Waals surface area contributed by atoms with E-state index in [-0.39, 0.29) is 11.6 Å². The topological polar surface area (TPSA) is 35.2 Å². The molecule has 1 unspecified atom stereocenters. The van der Waals surface area contributed by atoms with Crippen molar-refractivity contribution in [1.82, 2.24) is 0 Å². The Kier molecular flexibility index (Phi) is 4.72. The Bertz CT molecular complexity index is 340. The molecule has 2 N–H and O–H groups in total. The second kappa shape index (κ2) is 5.65. The normalized spacial score (nSPS) is 14.1. The molecule has 1 aromatic rings. The predicted molar refractivity (Wildman–Crippen MR) is 73.2 cm³/mol. The summed E-state index contributed by atoms with van der Waals surface area (Å²) < 4.78 is 5.70. The van der Waals surface area contributed by atoms with Crippen LogP contribution in [-0.4, -0.2) is 12.2 Å². The molecule has 0 saturated heterocycles. The zero-order valence-corrected chi connectivity index (χ0v) is 11.7. The molecule has 0 aliphatic heterocycles. The zero-order valence-electron chi connectivity index (χ0n) is 11.7. The highest BCUT2D eigenvalue weighted by Crippen LogP contribution is 2.27. The Labute approximate surface area is 105 Å². The fourth-order valence-electron chi connectivity index (χ4n) is 1.95. The number of ether oxygens (including phenoxy) is 1. The van der Waals surface area contributed by atoms with E-state index in [1.165, 1.54) is 5.56 Å². The molecule has 0 aliphatic rings. The van der Waals surface area contributed by atoms with Crippen LogP contribution >= 0.6 is 0 Å². The van der Waals surface area contributed by atoms with Crippen LogP contribution in [0, 0.1) is 0 Å². The molecule has 0 heterocycles. The van der Waals surface area contributed by atoms with Crippen LogP contribution in [0.3, 0.4) is 0 Å². The van der Waals surface area contributed by atoms with Crippen LogP contribution in [-0.2, 0) is 4.74 Å². The Morgan fingerprint density at radius 3 is 2.00 bits per heavy atom. The van der Waals surface area contributed by atoms with E-state index in [1.807, 2.05) is 20.8 Å². The average molecular weight is 235 g/mol. The van der Waals surface area contributed by atoms with Crippen LogP contribution < -0.4 is 5.73 Å². The van der Waals surface area contributed by atoms with Crippen molar-refractivity contribution >= 4 is 0 Å². The first-order chi connectivity index (χ1) is 7.88. The molecule has 2 heteroatoms. The summed E-state index contributed by atoms with van der Waals surface area (Å²) in [5.41, 5.74) is 8.41. The van der Waals surface area contributed by atoms with Gasteiger partial charge >= 0.3 is 0 Å². The molecule has 0 aromatic heterocycles. The number of hydrogen-bond acceptors (Lipinski definition) is 2. The number of rotatable bonds is 5. The molecule has 17 heavy (non-hydrogen) atoms. The van der Waals surface area contributed by atoms with Crippen LogP contribution in [0.4, 0.5) is 0 Å². The first-order valence-electron chi connectivity index (χ1n) is 6.38. The van der Waals surface area contributed by atoms with E-state index in [4.69, 9.17) is 10.5 Å². The summed E-state index contributed by atoms with van der Waals surface area (Å²) in [4.78, 5) is 0. The molecule has 0 saturated carbocycles. The van der Waals surface area contributed by atoms with Gasteiger partial charge in [-0.25, -0.2) is 0 Å². The number of nitrogens with two attached hydrogens (primary N) is 1. The molecular weight excluding hydrogens is 210 g/mol. The van der Waals surface area contributed by atoms with Crippen molar-refractivity contribution in [2.24, 2.45) is 5.73 Å². The molecule has 0 aliphatic carbocycles. The van der Waals surface area contributed by atoms with Crippen molar-refractivity contribution < 1.29 is 4.74 Å². The van der Waals surface area contributed by atoms with Gasteiger partial charge < -0.3 is 10.5 Å². The summed E-state index contributed by atoms with van der Waals surface area (Å²) >= 11 is 0. The molecule has 0 spiro atoms. The molecule has 0 amide bonds. The molecule has 2 nitrogen and oxygen atoms in total. The first-order valence-corrected chi connectivity index (χ1v) is 6.38. The van der Waals surface area contributed by atoms with Crippen LogP contribution in [0.15, 0.2) is 24.3 Å². The molecule has 1 rings (SSSR count). The van der Waals surface area contributed by atoms with E-state index in [9.17, 15) is 0 Å². The SMILES string of the molecule is CCOC(C)(C)C(N)c1ccc(C(C)C)cc1. The summed E-state index contributed by atoms with van der Waals surface area (Å²) in [7, 11) is 0. The summed E-state index contributed by atoms with van der Waals surface area (Å²) in [5.74, 6) is 0.556. The molecule has 0 bridgehead atoms. The van der Waals surface area contributed by atoms with Gasteiger partial charge in [-0.05, 0) is 37.8 Å². The van der Waals surface area contributed by atoms with Crippen molar-refractivity contribution in [3.8, 4) is 0 Å². The fraction of sp³-hybridized carbons (Fsp3) is 0.600. The van der Waals surface area contributed by atoms with Gasteiger partial charge in [-0.2, -0.15) is 0 Å².